The SMILES string of the molecule is O=C1[C@H]2[C@H](CC=C3[C@H]2C[C@H]2C(=O)N(Nc4ccc(F)cc4)C(=O)[C@@]2(c2ccc(Cl)cc2)[C@H]3c2c(O)ccc3ccccc23)C(=O)N1CCc1ccc(O)cc1. The lowest BCUT2D eigenvalue weighted by atomic mass is 9.48. The number of aromatic hydroxyl groups is 2. The van der Waals surface area contributed by atoms with Crippen LogP contribution in [0, 0.1) is 29.5 Å². The van der Waals surface area contributed by atoms with E-state index < -0.39 is 52.6 Å². The zero-order chi connectivity index (χ0) is 38.2. The lowest BCUT2D eigenvalue weighted by Gasteiger charge is -2.51. The average molecular weight is 756 g/mol. The number of amides is 4. The molecule has 4 aliphatic rings. The van der Waals surface area contributed by atoms with Crippen molar-refractivity contribution in [1.82, 2.24) is 9.91 Å². The zero-order valence-corrected chi connectivity index (χ0v) is 30.1. The summed E-state index contributed by atoms with van der Waals surface area (Å²) < 4.78 is 13.9. The van der Waals surface area contributed by atoms with Gasteiger partial charge < -0.3 is 10.2 Å². The molecule has 6 atom stereocenters. The van der Waals surface area contributed by atoms with Gasteiger partial charge in [-0.3, -0.25) is 29.5 Å². The second-order valence-corrected chi connectivity index (χ2v) is 15.3. The number of carbonyl (C=O) groups excluding carboxylic acids is 4. The predicted octanol–water partition coefficient (Wildman–Crippen LogP) is 7.27. The summed E-state index contributed by atoms with van der Waals surface area (Å²) in [5.41, 5.74) is 4.16. The number of halogens is 2. The number of likely N-dealkylation sites (tertiary alicyclic amines) is 1. The van der Waals surface area contributed by atoms with E-state index in [2.05, 4.69) is 5.43 Å². The van der Waals surface area contributed by atoms with E-state index in [-0.39, 0.29) is 42.7 Å². The Bertz CT molecular complexity index is 2440. The number of phenolic OH excluding ortho intramolecular Hbond substituents is 2. The zero-order valence-electron chi connectivity index (χ0n) is 29.4. The highest BCUT2D eigenvalue weighted by Crippen LogP contribution is 2.65. The molecular weight excluding hydrogens is 721 g/mol. The summed E-state index contributed by atoms with van der Waals surface area (Å²) in [6, 6.07) is 29.6. The number of nitrogens with zero attached hydrogens (tertiary/aromatic N) is 2. The third-order valence-electron chi connectivity index (χ3n) is 12.1. The third kappa shape index (κ3) is 5.33. The summed E-state index contributed by atoms with van der Waals surface area (Å²) in [6.07, 6.45) is 2.66. The van der Waals surface area contributed by atoms with Crippen molar-refractivity contribution in [2.24, 2.45) is 23.7 Å². The molecular formula is C44H35ClFN3O6. The van der Waals surface area contributed by atoms with Gasteiger partial charge in [0.25, 0.3) is 11.8 Å². The second kappa shape index (κ2) is 13.1. The summed E-state index contributed by atoms with van der Waals surface area (Å²) in [6.45, 7) is 0.149. The van der Waals surface area contributed by atoms with Crippen LogP contribution < -0.4 is 5.43 Å². The minimum absolute atomic E-state index is 0.0750. The predicted molar refractivity (Wildman–Crippen MR) is 203 cm³/mol. The molecule has 1 saturated carbocycles. The van der Waals surface area contributed by atoms with Gasteiger partial charge in [-0.15, -0.1) is 0 Å². The summed E-state index contributed by atoms with van der Waals surface area (Å²) in [7, 11) is 0. The van der Waals surface area contributed by atoms with Gasteiger partial charge in [0.15, 0.2) is 0 Å². The number of hydrogen-bond acceptors (Lipinski definition) is 7. The molecule has 3 N–H and O–H groups in total. The van der Waals surface area contributed by atoms with Gasteiger partial charge in [0.2, 0.25) is 11.8 Å². The molecule has 2 saturated heterocycles. The number of benzene rings is 5. The molecule has 2 aliphatic heterocycles. The fourth-order valence-electron chi connectivity index (χ4n) is 9.75. The van der Waals surface area contributed by atoms with Crippen LogP contribution >= 0.6 is 11.6 Å². The molecule has 3 fully saturated rings. The van der Waals surface area contributed by atoms with Gasteiger partial charge in [-0.25, -0.2) is 4.39 Å². The number of phenols is 2. The first-order valence-electron chi connectivity index (χ1n) is 18.3. The lowest BCUT2D eigenvalue weighted by molar-refractivity contribution is -0.141. The molecule has 9 rings (SSSR count). The molecule has 0 aromatic heterocycles. The number of hydrogen-bond donors (Lipinski definition) is 3. The first-order valence-corrected chi connectivity index (χ1v) is 18.7. The Kier molecular flexibility index (Phi) is 8.27. The van der Waals surface area contributed by atoms with E-state index in [9.17, 15) is 29.0 Å². The maximum Gasteiger partial charge on any atom is 0.260 e. The molecule has 0 unspecified atom stereocenters. The molecule has 2 aliphatic carbocycles. The van der Waals surface area contributed by atoms with Crippen LogP contribution in [0.2, 0.25) is 5.02 Å². The number of fused-ring (bicyclic) bond motifs is 5. The molecule has 0 spiro atoms. The van der Waals surface area contributed by atoms with Gasteiger partial charge in [0.1, 0.15) is 17.3 Å². The third-order valence-corrected chi connectivity index (χ3v) is 12.4. The van der Waals surface area contributed by atoms with Crippen LogP contribution in [0.1, 0.15) is 35.4 Å². The van der Waals surface area contributed by atoms with E-state index in [4.69, 9.17) is 11.6 Å². The highest BCUT2D eigenvalue weighted by atomic mass is 35.5. The van der Waals surface area contributed by atoms with Crippen LogP contribution in [-0.4, -0.2) is 50.3 Å². The maximum absolute atomic E-state index is 15.5. The van der Waals surface area contributed by atoms with E-state index in [0.29, 0.717) is 39.2 Å². The number of imide groups is 2. The van der Waals surface area contributed by atoms with Crippen LogP contribution in [0.4, 0.5) is 10.1 Å². The van der Waals surface area contributed by atoms with Crippen molar-refractivity contribution < 1.29 is 33.8 Å². The standard InChI is InChI=1S/C44H35ClFN3O6/c45-27-10-8-26(9-11-27)44-35(41(53)49(43(44)55)47-29-14-12-28(46)13-15-29)23-34-32(39(44)38-31-4-2-1-3-25(31)7-20-36(38)51)18-19-33-37(34)42(54)48(40(33)52)22-21-24-5-16-30(50)17-6-24/h1-18,20,33-35,37,39,47,50-51H,19,21-23H2/t33-,34+,35-,37-,39+,44+/m0/s1. The van der Waals surface area contributed by atoms with Crippen molar-refractivity contribution in [2.75, 3.05) is 12.0 Å². The summed E-state index contributed by atoms with van der Waals surface area (Å²) in [5, 5.41) is 24.6. The molecule has 9 nitrogen and oxygen atoms in total. The highest BCUT2D eigenvalue weighted by molar-refractivity contribution is 6.30. The molecule has 2 heterocycles. The summed E-state index contributed by atoms with van der Waals surface area (Å²) >= 11 is 6.41. The molecule has 276 valence electrons. The quantitative estimate of drug-likeness (QED) is 0.118. The Labute approximate surface area is 320 Å². The Morgan fingerprint density at radius 1 is 0.800 bits per heavy atom. The van der Waals surface area contributed by atoms with Crippen LogP contribution in [0.25, 0.3) is 10.8 Å². The number of nitrogens with one attached hydrogen (secondary N) is 1. The molecule has 0 radical (unpaired) electrons. The molecule has 5 aromatic rings. The van der Waals surface area contributed by atoms with E-state index in [1.165, 1.54) is 29.2 Å². The first-order chi connectivity index (χ1) is 26.6. The van der Waals surface area contributed by atoms with Gasteiger partial charge in [0, 0.05) is 23.0 Å². The number of hydrazine groups is 1. The topological polar surface area (TPSA) is 127 Å². The Hall–Kier alpha value is -6.00. The van der Waals surface area contributed by atoms with Crippen LogP contribution in [0.3, 0.4) is 0 Å². The van der Waals surface area contributed by atoms with Crippen molar-refractivity contribution in [3.63, 3.8) is 0 Å². The first kappa shape index (κ1) is 34.7. The van der Waals surface area contributed by atoms with Gasteiger partial charge in [-0.05, 0) is 102 Å². The van der Waals surface area contributed by atoms with E-state index in [1.54, 1.807) is 60.7 Å². The van der Waals surface area contributed by atoms with Gasteiger partial charge in [-0.2, -0.15) is 5.01 Å². The Morgan fingerprint density at radius 3 is 2.27 bits per heavy atom. The van der Waals surface area contributed by atoms with E-state index in [0.717, 1.165) is 16.0 Å². The Morgan fingerprint density at radius 2 is 1.53 bits per heavy atom. The molecule has 5 aromatic carbocycles. The van der Waals surface area contributed by atoms with Gasteiger partial charge >= 0.3 is 0 Å². The maximum atomic E-state index is 15.5. The van der Waals surface area contributed by atoms with Crippen molar-refractivity contribution in [3.8, 4) is 11.5 Å². The molecule has 55 heavy (non-hydrogen) atoms. The number of anilines is 1. The van der Waals surface area contributed by atoms with Gasteiger partial charge in [-0.1, -0.05) is 77.8 Å². The fourth-order valence-corrected chi connectivity index (χ4v) is 9.87. The molecule has 4 amide bonds. The Balaban J connectivity index is 1.22. The number of carbonyl (C=O) groups is 4. The van der Waals surface area contributed by atoms with Crippen LogP contribution in [0.5, 0.6) is 11.5 Å². The average Bonchev–Trinajstić information content (AvgIpc) is 3.56. The number of allylic oxidation sites excluding steroid dienone is 2. The number of rotatable bonds is 7. The van der Waals surface area contributed by atoms with Crippen LogP contribution in [0.15, 0.2) is 121 Å². The fraction of sp³-hybridized carbons (Fsp3) is 0.227. The minimum Gasteiger partial charge on any atom is -0.508 e. The lowest BCUT2D eigenvalue weighted by Crippen LogP contribution is -2.53. The highest BCUT2D eigenvalue weighted by Gasteiger charge is 2.70. The normalized spacial score (nSPS) is 25.9. The van der Waals surface area contributed by atoms with Crippen LogP contribution in [-0.2, 0) is 31.0 Å². The smallest absolute Gasteiger partial charge is 0.260 e. The van der Waals surface area contributed by atoms with Crippen molar-refractivity contribution in [2.45, 2.75) is 30.6 Å². The van der Waals surface area contributed by atoms with Crippen molar-refractivity contribution in [3.05, 3.63) is 148 Å². The summed E-state index contributed by atoms with van der Waals surface area (Å²) in [4.78, 5) is 60.3. The molecule has 11 heteroatoms. The minimum atomic E-state index is -1.63. The summed E-state index contributed by atoms with van der Waals surface area (Å²) in [5.74, 6) is -6.25. The van der Waals surface area contributed by atoms with Crippen molar-refractivity contribution in [1.29, 1.82) is 0 Å². The largest absolute Gasteiger partial charge is 0.508 e. The second-order valence-electron chi connectivity index (χ2n) is 14.8. The van der Waals surface area contributed by atoms with Gasteiger partial charge in [0.05, 0.1) is 28.9 Å². The van der Waals surface area contributed by atoms with Crippen molar-refractivity contribution >= 4 is 51.7 Å². The monoisotopic (exact) mass is 755 g/mol. The van der Waals surface area contributed by atoms with E-state index >= 15 is 4.79 Å². The molecule has 0 bridgehead atoms. The van der Waals surface area contributed by atoms with E-state index in [1.807, 2.05) is 30.3 Å².